The Bertz CT molecular complexity index is 880. The fourth-order valence-corrected chi connectivity index (χ4v) is 3.68. The molecule has 1 atom stereocenters. The second-order valence-corrected chi connectivity index (χ2v) is 6.86. The molecule has 0 aromatic heterocycles. The quantitative estimate of drug-likeness (QED) is 0.670. The van der Waals surface area contributed by atoms with E-state index in [2.05, 4.69) is 97.7 Å². The maximum Gasteiger partial charge on any atom is 0.0419 e. The summed E-state index contributed by atoms with van der Waals surface area (Å²) in [6, 6.07) is 15.7. The molecule has 2 aliphatic carbocycles. The van der Waals surface area contributed by atoms with E-state index in [4.69, 9.17) is 0 Å². The Labute approximate surface area is 144 Å². The van der Waals surface area contributed by atoms with Crippen LogP contribution in [0, 0.1) is 5.92 Å². The topological polar surface area (TPSA) is 3.24 Å². The van der Waals surface area contributed by atoms with E-state index in [-0.39, 0.29) is 0 Å². The minimum Gasteiger partial charge on any atom is -0.339 e. The van der Waals surface area contributed by atoms with Crippen molar-refractivity contribution in [3.8, 4) is 0 Å². The molecular formula is C23H23N. The molecule has 0 fully saturated rings. The predicted octanol–water partition coefficient (Wildman–Crippen LogP) is 6.01. The molecule has 0 amide bonds. The maximum atomic E-state index is 2.44. The van der Waals surface area contributed by atoms with E-state index >= 15 is 0 Å². The second-order valence-electron chi connectivity index (χ2n) is 6.86. The van der Waals surface area contributed by atoms with Crippen molar-refractivity contribution in [2.45, 2.75) is 26.3 Å². The summed E-state index contributed by atoms with van der Waals surface area (Å²) >= 11 is 0. The first kappa shape index (κ1) is 15.0. The maximum absolute atomic E-state index is 2.44. The molecule has 1 nitrogen and oxygen atoms in total. The van der Waals surface area contributed by atoms with E-state index in [9.17, 15) is 0 Å². The second kappa shape index (κ2) is 6.16. The number of anilines is 1. The van der Waals surface area contributed by atoms with Crippen LogP contribution < -0.4 is 4.90 Å². The smallest absolute Gasteiger partial charge is 0.0419 e. The highest BCUT2D eigenvalue weighted by Gasteiger charge is 2.21. The van der Waals surface area contributed by atoms with Gasteiger partial charge in [0.1, 0.15) is 0 Å². The van der Waals surface area contributed by atoms with Crippen molar-refractivity contribution in [2.75, 3.05) is 4.90 Å². The van der Waals surface area contributed by atoms with Gasteiger partial charge in [-0.25, -0.2) is 0 Å². The molecule has 2 aliphatic rings. The lowest BCUT2D eigenvalue weighted by atomic mass is 9.87. The van der Waals surface area contributed by atoms with Crippen molar-refractivity contribution in [3.63, 3.8) is 0 Å². The lowest BCUT2D eigenvalue weighted by Crippen LogP contribution is -2.30. The molecule has 4 rings (SSSR count). The molecule has 0 spiro atoms. The molecule has 1 unspecified atom stereocenters. The van der Waals surface area contributed by atoms with Gasteiger partial charge in [-0.15, -0.1) is 0 Å². The van der Waals surface area contributed by atoms with Crippen molar-refractivity contribution in [1.82, 2.24) is 0 Å². The Balaban J connectivity index is 1.74. The van der Waals surface area contributed by atoms with Gasteiger partial charge in [0.05, 0.1) is 0 Å². The van der Waals surface area contributed by atoms with Crippen molar-refractivity contribution >= 4 is 16.5 Å². The van der Waals surface area contributed by atoms with Gasteiger partial charge in [0.25, 0.3) is 0 Å². The first-order chi connectivity index (χ1) is 11.7. The highest BCUT2D eigenvalue weighted by Crippen LogP contribution is 2.33. The largest absolute Gasteiger partial charge is 0.339 e. The summed E-state index contributed by atoms with van der Waals surface area (Å²) in [6.45, 7) is 4.52. The number of rotatable bonds is 3. The summed E-state index contributed by atoms with van der Waals surface area (Å²) < 4.78 is 0. The molecule has 0 radical (unpaired) electrons. The van der Waals surface area contributed by atoms with Gasteiger partial charge < -0.3 is 4.90 Å². The van der Waals surface area contributed by atoms with Crippen LogP contribution in [-0.4, -0.2) is 6.04 Å². The third-order valence-electron chi connectivity index (χ3n) is 4.87. The molecule has 0 bridgehead atoms. The van der Waals surface area contributed by atoms with Crippen molar-refractivity contribution < 1.29 is 0 Å². The Hall–Kier alpha value is -2.54. The van der Waals surface area contributed by atoms with Crippen LogP contribution in [0.25, 0.3) is 10.8 Å². The lowest BCUT2D eigenvalue weighted by molar-refractivity contribution is 0.725. The standard InChI is InChI=1S/C23H23N/c1-17(2)24(22-13-11-18-7-3-5-9-20(18)15-22)23-14-12-19-8-4-6-10-21(19)16-23/h3-9,11-17,21H,10H2,1-2H3. The summed E-state index contributed by atoms with van der Waals surface area (Å²) in [5, 5.41) is 2.59. The highest BCUT2D eigenvalue weighted by molar-refractivity contribution is 5.86. The predicted molar refractivity (Wildman–Crippen MR) is 104 cm³/mol. The summed E-state index contributed by atoms with van der Waals surface area (Å²) in [5.41, 5.74) is 3.99. The van der Waals surface area contributed by atoms with Gasteiger partial charge in [0.2, 0.25) is 0 Å². The average Bonchev–Trinajstić information content (AvgIpc) is 2.61. The molecule has 1 heteroatoms. The first-order valence-corrected chi connectivity index (χ1v) is 8.77. The summed E-state index contributed by atoms with van der Waals surface area (Å²) in [6.07, 6.45) is 14.7. The van der Waals surface area contributed by atoms with Crippen molar-refractivity contribution in [3.05, 3.63) is 90.2 Å². The number of fused-ring (bicyclic) bond motifs is 2. The van der Waals surface area contributed by atoms with Crippen LogP contribution in [0.3, 0.4) is 0 Å². The third kappa shape index (κ3) is 2.71. The number of hydrogen-bond acceptors (Lipinski definition) is 1. The number of allylic oxidation sites excluding steroid dienone is 7. The van der Waals surface area contributed by atoms with Gasteiger partial charge in [0, 0.05) is 23.3 Å². The van der Waals surface area contributed by atoms with Gasteiger partial charge in [-0.05, 0) is 54.8 Å². The van der Waals surface area contributed by atoms with E-state index < -0.39 is 0 Å². The van der Waals surface area contributed by atoms with Gasteiger partial charge >= 0.3 is 0 Å². The van der Waals surface area contributed by atoms with E-state index in [0.717, 1.165) is 6.42 Å². The number of nitrogens with zero attached hydrogens (tertiary/aromatic N) is 1. The van der Waals surface area contributed by atoms with Gasteiger partial charge in [-0.1, -0.05) is 60.7 Å². The van der Waals surface area contributed by atoms with Crippen LogP contribution >= 0.6 is 0 Å². The molecule has 0 aliphatic heterocycles. The Morgan fingerprint density at radius 2 is 1.83 bits per heavy atom. The molecular weight excluding hydrogens is 290 g/mol. The fraction of sp³-hybridized carbons (Fsp3) is 0.217. The van der Waals surface area contributed by atoms with Gasteiger partial charge in [-0.2, -0.15) is 0 Å². The molecule has 2 aromatic rings. The van der Waals surface area contributed by atoms with E-state index in [0.29, 0.717) is 12.0 Å². The molecule has 0 N–H and O–H groups in total. The van der Waals surface area contributed by atoms with Crippen LogP contribution in [0.1, 0.15) is 20.3 Å². The van der Waals surface area contributed by atoms with Gasteiger partial charge in [0.15, 0.2) is 0 Å². The monoisotopic (exact) mass is 313 g/mol. The zero-order valence-electron chi connectivity index (χ0n) is 14.3. The first-order valence-electron chi connectivity index (χ1n) is 8.77. The van der Waals surface area contributed by atoms with Crippen molar-refractivity contribution in [1.29, 1.82) is 0 Å². The van der Waals surface area contributed by atoms with Crippen LogP contribution in [0.2, 0.25) is 0 Å². The minimum atomic E-state index is 0.409. The lowest BCUT2D eigenvalue weighted by Gasteiger charge is -2.33. The molecule has 2 aromatic carbocycles. The molecule has 0 saturated heterocycles. The SMILES string of the molecule is CC(C)N(C1=CC2CC=CC=C2C=C1)c1ccc2ccccc2c1. The molecule has 24 heavy (non-hydrogen) atoms. The Morgan fingerprint density at radius 1 is 1.00 bits per heavy atom. The van der Waals surface area contributed by atoms with Crippen LogP contribution in [-0.2, 0) is 0 Å². The molecule has 0 saturated carbocycles. The molecule has 120 valence electrons. The van der Waals surface area contributed by atoms with Crippen LogP contribution in [0.4, 0.5) is 5.69 Å². The van der Waals surface area contributed by atoms with Crippen LogP contribution in [0.5, 0.6) is 0 Å². The van der Waals surface area contributed by atoms with Gasteiger partial charge in [-0.3, -0.25) is 0 Å². The van der Waals surface area contributed by atoms with E-state index in [1.807, 2.05) is 0 Å². The van der Waals surface area contributed by atoms with E-state index in [1.165, 1.54) is 27.7 Å². The van der Waals surface area contributed by atoms with Crippen LogP contribution in [0.15, 0.2) is 90.2 Å². The Morgan fingerprint density at radius 3 is 2.67 bits per heavy atom. The summed E-state index contributed by atoms with van der Waals surface area (Å²) in [4.78, 5) is 2.44. The minimum absolute atomic E-state index is 0.409. The fourth-order valence-electron chi connectivity index (χ4n) is 3.68. The van der Waals surface area contributed by atoms with E-state index in [1.54, 1.807) is 0 Å². The molecule has 0 heterocycles. The average molecular weight is 313 g/mol. The highest BCUT2D eigenvalue weighted by atomic mass is 15.2. The Kier molecular flexibility index (Phi) is 3.86. The summed E-state index contributed by atoms with van der Waals surface area (Å²) in [5.74, 6) is 0.511. The number of hydrogen-bond donors (Lipinski definition) is 0. The third-order valence-corrected chi connectivity index (χ3v) is 4.87. The number of benzene rings is 2. The normalized spacial score (nSPS) is 19.2. The summed E-state index contributed by atoms with van der Waals surface area (Å²) in [7, 11) is 0. The van der Waals surface area contributed by atoms with Crippen molar-refractivity contribution in [2.24, 2.45) is 5.92 Å². The zero-order valence-corrected chi connectivity index (χ0v) is 14.3. The zero-order chi connectivity index (χ0) is 16.5.